The van der Waals surface area contributed by atoms with E-state index < -0.39 is 35.5 Å². The fraction of sp³-hybridized carbons (Fsp3) is 0.414. The Morgan fingerprint density at radius 3 is 0.867 bits per heavy atom. The number of ether oxygens (including phenoxy) is 6. The van der Waals surface area contributed by atoms with Gasteiger partial charge in [-0.05, 0) is 200 Å². The Labute approximate surface area is 710 Å². The van der Waals surface area contributed by atoms with Gasteiger partial charge in [-0.2, -0.15) is 0 Å². The zero-order chi connectivity index (χ0) is 81.3. The van der Waals surface area contributed by atoms with Gasteiger partial charge in [-0.15, -0.1) is 0 Å². The van der Waals surface area contributed by atoms with Gasteiger partial charge in [0.15, 0.2) is 0 Å². The van der Waals surface area contributed by atoms with Crippen molar-refractivity contribution in [3.05, 3.63) is 195 Å². The molecule has 6 bridgehead atoms. The summed E-state index contributed by atoms with van der Waals surface area (Å²) in [6, 6.07) is 38.2. The number of aromatic nitrogens is 3. The molecule has 9 aromatic rings. The van der Waals surface area contributed by atoms with Crippen LogP contribution >= 0.6 is 0 Å². The van der Waals surface area contributed by atoms with E-state index in [0.29, 0.717) is 113 Å². The van der Waals surface area contributed by atoms with Gasteiger partial charge in [0.1, 0.15) is 17.2 Å². The van der Waals surface area contributed by atoms with Crippen molar-refractivity contribution in [2.45, 2.75) is 115 Å². The predicted octanol–water partition coefficient (Wildman–Crippen LogP) is 1.50. The van der Waals surface area contributed by atoms with Crippen molar-refractivity contribution < 1.29 is 124 Å². The number of imide groups is 3. The van der Waals surface area contributed by atoms with Crippen molar-refractivity contribution >= 4 is 86.2 Å². The first kappa shape index (κ1) is 87.0. The van der Waals surface area contributed by atoms with Crippen molar-refractivity contribution in [2.75, 3.05) is 100 Å². The molecule has 636 valence electrons. The second kappa shape index (κ2) is 37.9. The smallest absolute Gasteiger partial charge is 0.326 e. The van der Waals surface area contributed by atoms with Crippen molar-refractivity contribution in [3.63, 3.8) is 0 Å². The van der Waals surface area contributed by atoms with Crippen LogP contribution in [-0.4, -0.2) is 212 Å². The number of fused-ring (bicyclic) bond motifs is 18. The van der Waals surface area contributed by atoms with E-state index in [1.165, 1.54) is 14.7 Å². The van der Waals surface area contributed by atoms with Gasteiger partial charge < -0.3 is 94.0 Å². The van der Waals surface area contributed by atoms with Crippen LogP contribution in [0.25, 0.3) is 32.7 Å². The number of nitrogens with zero attached hydrogens (tertiary/aromatic N) is 9. The molecule has 18 rings (SSSR count). The summed E-state index contributed by atoms with van der Waals surface area (Å²) in [6.45, 7) is 10.6. The zero-order valence-corrected chi connectivity index (χ0v) is 69.1. The second-order valence-electron chi connectivity index (χ2n) is 31.7. The van der Waals surface area contributed by atoms with Crippen LogP contribution in [0, 0.1) is 17.8 Å². The third kappa shape index (κ3) is 17.6. The Morgan fingerprint density at radius 1 is 0.375 bits per heavy atom. The van der Waals surface area contributed by atoms with Crippen LogP contribution in [0.3, 0.4) is 0 Å². The van der Waals surface area contributed by atoms with Crippen LogP contribution < -0.4 is 67.9 Å². The summed E-state index contributed by atoms with van der Waals surface area (Å²) in [5.41, 5.74) is 17.4. The molecule has 6 aromatic carbocycles. The van der Waals surface area contributed by atoms with E-state index in [-0.39, 0.29) is 73.0 Å². The first-order valence-electron chi connectivity index (χ1n) is 40.2. The summed E-state index contributed by atoms with van der Waals surface area (Å²) in [7, 11) is 4.63. The maximum atomic E-state index is 13.3. The molecule has 12 heterocycles. The molecule has 30 nitrogen and oxygen atoms in total. The number of hydrogen-bond acceptors (Lipinski definition) is 18. The van der Waals surface area contributed by atoms with E-state index in [9.17, 15) is 43.2 Å². The number of nitrogens with one attached hydrogen (secondary N) is 3. The number of carbonyl (C=O) groups excluding carboxylic acids is 9. The van der Waals surface area contributed by atoms with Crippen molar-refractivity contribution in [3.8, 4) is 17.2 Å². The number of hydrogen-bond donors (Lipinski definition) is 6. The predicted molar refractivity (Wildman–Crippen MR) is 425 cm³/mol. The molecular formula is C87H96Cl3N12O18-3. The SMILES string of the molecule is CN1C(=O)C2CN(Cc3c2c2cc(OCCC4CCOCC4)ccc2n3Cc2ccc(C(=O)NO)cc2)C1=O.CN1C(=O)[C@@H]2CN(Cc3c2c2cc(OCCC4CCOCC4)ccc2n3Cc2ccc(C(=O)NO)cc2)C1=O.CN1C(=O)[C@H]2CN(Cc3c2c2cc(OCCC4CCOCC4)ccc2n3Cc2ccc(C(=O)NO)cc2)C1=O.[Cl-].[Cl-].[Cl-]. The second-order valence-corrected chi connectivity index (χ2v) is 31.7. The maximum absolute atomic E-state index is 13.3. The Hall–Kier alpha value is -10.8. The van der Waals surface area contributed by atoms with Crippen LogP contribution in [0.4, 0.5) is 14.4 Å². The average Bonchev–Trinajstić information content (AvgIpc) is 1.60. The summed E-state index contributed by atoms with van der Waals surface area (Å²) in [6.07, 6.45) is 9.34. The van der Waals surface area contributed by atoms with Gasteiger partial charge in [-0.3, -0.25) is 59.1 Å². The van der Waals surface area contributed by atoms with Crippen molar-refractivity contribution in [1.82, 2.24) is 59.5 Å². The molecule has 0 saturated carbocycles. The molecule has 1 unspecified atom stereocenters. The molecule has 120 heavy (non-hydrogen) atoms. The summed E-state index contributed by atoms with van der Waals surface area (Å²) >= 11 is 0. The number of likely N-dealkylation sites (N-methyl/N-ethyl adjacent to an activating group) is 3. The zero-order valence-electron chi connectivity index (χ0n) is 66.8. The van der Waals surface area contributed by atoms with E-state index in [1.807, 2.05) is 91.0 Å². The fourth-order valence-electron chi connectivity index (χ4n) is 18.2. The van der Waals surface area contributed by atoms with Gasteiger partial charge in [-0.1, -0.05) is 36.4 Å². The first-order valence-corrected chi connectivity index (χ1v) is 40.2. The monoisotopic (exact) mass is 1700 g/mol. The van der Waals surface area contributed by atoms with Gasteiger partial charge >= 0.3 is 18.1 Å². The molecule has 33 heteroatoms. The van der Waals surface area contributed by atoms with Gasteiger partial charge in [0.25, 0.3) is 17.7 Å². The summed E-state index contributed by atoms with van der Waals surface area (Å²) < 4.78 is 41.4. The summed E-state index contributed by atoms with van der Waals surface area (Å²) in [5.74, 6) is 0.543. The fourth-order valence-corrected chi connectivity index (χ4v) is 18.2. The van der Waals surface area contributed by atoms with Gasteiger partial charge in [0.2, 0.25) is 17.7 Å². The minimum absolute atomic E-state index is 0. The lowest BCUT2D eigenvalue weighted by Gasteiger charge is -2.41. The van der Waals surface area contributed by atoms with Crippen LogP contribution in [0.5, 0.6) is 17.2 Å². The molecule has 3 aromatic heterocycles. The lowest BCUT2D eigenvalue weighted by Crippen LogP contribution is -3.00. The highest BCUT2D eigenvalue weighted by atomic mass is 35.5. The van der Waals surface area contributed by atoms with Crippen molar-refractivity contribution in [2.24, 2.45) is 17.8 Å². The molecule has 6 N–H and O–H groups in total. The lowest BCUT2D eigenvalue weighted by molar-refractivity contribution is -0.133. The highest BCUT2D eigenvalue weighted by molar-refractivity contribution is 6.07. The Balaban J connectivity index is 0.000000154. The van der Waals surface area contributed by atoms with Gasteiger partial charge in [-0.25, -0.2) is 30.8 Å². The highest BCUT2D eigenvalue weighted by Gasteiger charge is 2.48. The quantitative estimate of drug-likeness (QED) is 0.0438. The highest BCUT2D eigenvalue weighted by Crippen LogP contribution is 2.46. The number of benzene rings is 6. The number of carbonyl (C=O) groups is 9. The van der Waals surface area contributed by atoms with E-state index >= 15 is 0 Å². The third-order valence-electron chi connectivity index (χ3n) is 24.8. The summed E-state index contributed by atoms with van der Waals surface area (Å²) in [5, 5.41) is 29.6. The third-order valence-corrected chi connectivity index (χ3v) is 24.8. The normalized spacial score (nSPS) is 18.9. The van der Waals surface area contributed by atoms with Crippen molar-refractivity contribution in [1.29, 1.82) is 0 Å². The number of halogens is 3. The van der Waals surface area contributed by atoms with E-state index in [0.717, 1.165) is 198 Å². The molecular weight excluding hydrogens is 1610 g/mol. The lowest BCUT2D eigenvalue weighted by atomic mass is 9.89. The average molecular weight is 1700 g/mol. The Bertz CT molecular complexity index is 4810. The Kier molecular flexibility index (Phi) is 27.5. The topological polar surface area (TPSA) is 340 Å². The number of hydroxylamine groups is 3. The van der Waals surface area contributed by atoms with E-state index in [1.54, 1.807) is 88.7 Å². The number of rotatable bonds is 21. The number of urea groups is 3. The molecule has 9 aliphatic heterocycles. The molecule has 0 spiro atoms. The molecule has 12 amide bonds. The standard InChI is InChI=1S/3C29H32N4O6.3ClH/c3*1-31-28(35)23-16-32(29(31)36)17-25-26(23)22-14-21(39-13-10-18-8-11-38-12-9-18)6-7-24(22)33(25)15-19-2-4-20(5-3-19)27(34)30-37;;;/h3*2-7,14,18,23,37H,8-13,15-17H2,1H3,(H,30,34);3*1H/p-3/t2*23-;;;;/m10..../s1. The van der Waals surface area contributed by atoms with Crippen LogP contribution in [0.15, 0.2) is 127 Å². The van der Waals surface area contributed by atoms with Crippen LogP contribution in [0.2, 0.25) is 0 Å². The van der Waals surface area contributed by atoms with E-state index in [2.05, 4.69) is 13.7 Å². The molecule has 3 atom stereocenters. The minimum atomic E-state index is -0.573. The van der Waals surface area contributed by atoms with Gasteiger partial charge in [0, 0.05) is 167 Å². The number of amides is 12. The van der Waals surface area contributed by atoms with Gasteiger partial charge in [0.05, 0.1) is 57.2 Å². The summed E-state index contributed by atoms with van der Waals surface area (Å²) in [4.78, 5) is 122. The molecule has 0 radical (unpaired) electrons. The molecule has 0 aliphatic carbocycles. The largest absolute Gasteiger partial charge is 1.00 e. The Morgan fingerprint density at radius 2 is 0.625 bits per heavy atom. The first-order chi connectivity index (χ1) is 56.8. The van der Waals surface area contributed by atoms with Crippen LogP contribution in [-0.2, 0) is 67.9 Å². The molecule has 6 fully saturated rings. The minimum Gasteiger partial charge on any atom is -1.00 e. The molecule has 9 aliphatic rings. The van der Waals surface area contributed by atoms with E-state index in [4.69, 9.17) is 44.0 Å². The maximum Gasteiger partial charge on any atom is 0.326 e. The molecule has 6 saturated heterocycles. The van der Waals surface area contributed by atoms with Crippen LogP contribution in [0.1, 0.15) is 157 Å².